The van der Waals surface area contributed by atoms with Crippen molar-refractivity contribution in [2.24, 2.45) is 0 Å². The Morgan fingerprint density at radius 3 is 2.14 bits per heavy atom. The third kappa shape index (κ3) is 4.01. The summed E-state index contributed by atoms with van der Waals surface area (Å²) in [4.78, 5) is 0. The molecule has 0 bridgehead atoms. The average molecular weight is 283 g/mol. The van der Waals surface area contributed by atoms with Gasteiger partial charge in [0, 0.05) is 5.69 Å². The number of anilines is 1. The van der Waals surface area contributed by atoms with Crippen LogP contribution in [0.25, 0.3) is 0 Å². The highest BCUT2D eigenvalue weighted by atomic mass is 16.5. The first kappa shape index (κ1) is 15.4. The van der Waals surface area contributed by atoms with E-state index < -0.39 is 0 Å². The van der Waals surface area contributed by atoms with Gasteiger partial charge in [-0.2, -0.15) is 0 Å². The maximum Gasteiger partial charge on any atom is 0.123 e. The topological polar surface area (TPSA) is 35.2 Å². The quantitative estimate of drug-likeness (QED) is 0.825. The van der Waals surface area contributed by atoms with Gasteiger partial charge < -0.3 is 10.5 Å². The molecule has 0 aromatic heterocycles. The van der Waals surface area contributed by atoms with Gasteiger partial charge in [0.05, 0.1) is 0 Å². The highest BCUT2D eigenvalue weighted by Gasteiger charge is 2.19. The number of nitrogen functional groups attached to an aromatic ring is 1. The standard InChI is InChI=1S/C19H25NO/c1-5-14-8-11-18(17(12-14)19(2,3)4)21-13-15-6-9-16(20)10-7-15/h6-12H,5,13,20H2,1-4H3. The molecular weight excluding hydrogens is 258 g/mol. The van der Waals surface area contributed by atoms with Crippen molar-refractivity contribution in [3.8, 4) is 5.75 Å². The molecule has 0 unspecified atom stereocenters. The van der Waals surface area contributed by atoms with Crippen LogP contribution in [0.15, 0.2) is 42.5 Å². The smallest absolute Gasteiger partial charge is 0.123 e. The Kier molecular flexibility index (Phi) is 4.56. The molecule has 2 rings (SSSR count). The molecule has 0 radical (unpaired) electrons. The number of rotatable bonds is 4. The molecule has 0 fully saturated rings. The van der Waals surface area contributed by atoms with Gasteiger partial charge in [0.15, 0.2) is 0 Å². The molecule has 0 saturated heterocycles. The lowest BCUT2D eigenvalue weighted by molar-refractivity contribution is 0.297. The van der Waals surface area contributed by atoms with Crippen LogP contribution in [-0.2, 0) is 18.4 Å². The van der Waals surface area contributed by atoms with Crippen LogP contribution in [0, 0.1) is 0 Å². The maximum atomic E-state index is 6.05. The van der Waals surface area contributed by atoms with Gasteiger partial charge in [-0.05, 0) is 46.7 Å². The summed E-state index contributed by atoms with van der Waals surface area (Å²) in [6, 6.07) is 14.3. The van der Waals surface area contributed by atoms with Gasteiger partial charge in [-0.3, -0.25) is 0 Å². The molecule has 0 aliphatic heterocycles. The van der Waals surface area contributed by atoms with Gasteiger partial charge in [-0.25, -0.2) is 0 Å². The molecule has 112 valence electrons. The Morgan fingerprint density at radius 2 is 1.57 bits per heavy atom. The van der Waals surface area contributed by atoms with E-state index in [-0.39, 0.29) is 5.41 Å². The molecule has 2 N–H and O–H groups in total. The highest BCUT2D eigenvalue weighted by Crippen LogP contribution is 2.32. The van der Waals surface area contributed by atoms with Gasteiger partial charge in [0.1, 0.15) is 12.4 Å². The molecule has 0 atom stereocenters. The predicted molar refractivity (Wildman–Crippen MR) is 89.7 cm³/mol. The van der Waals surface area contributed by atoms with Gasteiger partial charge in [-0.15, -0.1) is 0 Å². The number of benzene rings is 2. The van der Waals surface area contributed by atoms with Crippen LogP contribution in [0.1, 0.15) is 44.4 Å². The van der Waals surface area contributed by atoms with Gasteiger partial charge in [0.25, 0.3) is 0 Å². The van der Waals surface area contributed by atoms with Crippen molar-refractivity contribution in [2.75, 3.05) is 5.73 Å². The van der Waals surface area contributed by atoms with E-state index in [0.29, 0.717) is 6.61 Å². The molecule has 0 spiro atoms. The zero-order valence-electron chi connectivity index (χ0n) is 13.4. The van der Waals surface area contributed by atoms with Crippen LogP contribution >= 0.6 is 0 Å². The first-order chi connectivity index (χ1) is 9.90. The van der Waals surface area contributed by atoms with E-state index >= 15 is 0 Å². The molecule has 0 heterocycles. The molecule has 0 amide bonds. The third-order valence-electron chi connectivity index (χ3n) is 3.63. The summed E-state index contributed by atoms with van der Waals surface area (Å²) >= 11 is 0. The molecule has 2 heteroatoms. The van der Waals surface area contributed by atoms with Crippen LogP contribution in [0.5, 0.6) is 5.75 Å². The lowest BCUT2D eigenvalue weighted by Crippen LogP contribution is -2.14. The second-order valence-electron chi connectivity index (χ2n) is 6.46. The highest BCUT2D eigenvalue weighted by molar-refractivity contribution is 5.42. The number of hydrogen-bond donors (Lipinski definition) is 1. The normalized spacial score (nSPS) is 11.4. The molecule has 0 saturated carbocycles. The van der Waals surface area contributed by atoms with E-state index in [9.17, 15) is 0 Å². The van der Waals surface area contributed by atoms with Crippen molar-refractivity contribution < 1.29 is 4.74 Å². The minimum Gasteiger partial charge on any atom is -0.489 e. The Bertz CT molecular complexity index is 594. The summed E-state index contributed by atoms with van der Waals surface area (Å²) in [6.45, 7) is 9.40. The molecular formula is C19H25NO. The van der Waals surface area contributed by atoms with Crippen molar-refractivity contribution in [3.05, 3.63) is 59.2 Å². The van der Waals surface area contributed by atoms with Gasteiger partial charge in [0.2, 0.25) is 0 Å². The summed E-state index contributed by atoms with van der Waals surface area (Å²) in [5, 5.41) is 0. The predicted octanol–water partition coefficient (Wildman–Crippen LogP) is 4.71. The second-order valence-corrected chi connectivity index (χ2v) is 6.46. The Labute approximate surface area is 127 Å². The molecule has 2 nitrogen and oxygen atoms in total. The van der Waals surface area contributed by atoms with Crippen molar-refractivity contribution >= 4 is 5.69 Å². The van der Waals surface area contributed by atoms with Crippen molar-refractivity contribution in [1.29, 1.82) is 0 Å². The second kappa shape index (κ2) is 6.21. The van der Waals surface area contributed by atoms with Crippen LogP contribution in [-0.4, -0.2) is 0 Å². The molecule has 2 aromatic carbocycles. The minimum atomic E-state index is 0.0711. The largest absolute Gasteiger partial charge is 0.489 e. The third-order valence-corrected chi connectivity index (χ3v) is 3.63. The van der Waals surface area contributed by atoms with Crippen molar-refractivity contribution in [1.82, 2.24) is 0 Å². The summed E-state index contributed by atoms with van der Waals surface area (Å²) in [5.74, 6) is 0.969. The van der Waals surface area contributed by atoms with Crippen LogP contribution in [0.2, 0.25) is 0 Å². The fraction of sp³-hybridized carbons (Fsp3) is 0.368. The van der Waals surface area contributed by atoms with Crippen LogP contribution in [0.4, 0.5) is 5.69 Å². The lowest BCUT2D eigenvalue weighted by Gasteiger charge is -2.23. The first-order valence-corrected chi connectivity index (χ1v) is 7.51. The van der Waals surface area contributed by atoms with E-state index in [1.54, 1.807) is 0 Å². The minimum absolute atomic E-state index is 0.0711. The van der Waals surface area contributed by atoms with E-state index in [2.05, 4.69) is 45.9 Å². The summed E-state index contributed by atoms with van der Waals surface area (Å²) in [7, 11) is 0. The van der Waals surface area contributed by atoms with E-state index in [4.69, 9.17) is 10.5 Å². The van der Waals surface area contributed by atoms with E-state index in [1.807, 2.05) is 24.3 Å². The Hall–Kier alpha value is -1.96. The monoisotopic (exact) mass is 283 g/mol. The number of ether oxygens (including phenoxy) is 1. The SMILES string of the molecule is CCc1ccc(OCc2ccc(N)cc2)c(C(C)(C)C)c1. The lowest BCUT2D eigenvalue weighted by atomic mass is 9.85. The summed E-state index contributed by atoms with van der Waals surface area (Å²) < 4.78 is 6.05. The fourth-order valence-electron chi connectivity index (χ4n) is 2.28. The van der Waals surface area contributed by atoms with Crippen molar-refractivity contribution in [3.63, 3.8) is 0 Å². The molecule has 2 aromatic rings. The van der Waals surface area contributed by atoms with E-state index in [1.165, 1.54) is 11.1 Å². The Balaban J connectivity index is 2.21. The average Bonchev–Trinajstić information content (AvgIpc) is 2.45. The number of hydrogen-bond acceptors (Lipinski definition) is 2. The number of nitrogens with two attached hydrogens (primary N) is 1. The zero-order chi connectivity index (χ0) is 15.5. The maximum absolute atomic E-state index is 6.05. The first-order valence-electron chi connectivity index (χ1n) is 7.51. The van der Waals surface area contributed by atoms with Gasteiger partial charge >= 0.3 is 0 Å². The zero-order valence-corrected chi connectivity index (χ0v) is 13.4. The molecule has 0 aliphatic carbocycles. The summed E-state index contributed by atoms with van der Waals surface area (Å²) in [5.41, 5.74) is 10.3. The molecule has 0 aliphatic rings. The van der Waals surface area contributed by atoms with Crippen LogP contribution < -0.4 is 10.5 Å². The molecule has 21 heavy (non-hydrogen) atoms. The Morgan fingerprint density at radius 1 is 0.952 bits per heavy atom. The fourth-order valence-corrected chi connectivity index (χ4v) is 2.28. The van der Waals surface area contributed by atoms with E-state index in [0.717, 1.165) is 23.4 Å². The van der Waals surface area contributed by atoms with Gasteiger partial charge in [-0.1, -0.05) is 52.0 Å². The summed E-state index contributed by atoms with van der Waals surface area (Å²) in [6.07, 6.45) is 1.04. The van der Waals surface area contributed by atoms with Crippen molar-refractivity contribution in [2.45, 2.75) is 46.1 Å². The van der Waals surface area contributed by atoms with Crippen LogP contribution in [0.3, 0.4) is 0 Å². The number of aryl methyl sites for hydroxylation is 1.